The molecule has 0 bridgehead atoms. The highest BCUT2D eigenvalue weighted by Crippen LogP contribution is 2.24. The lowest BCUT2D eigenvalue weighted by Crippen LogP contribution is -2.51. The van der Waals surface area contributed by atoms with Gasteiger partial charge in [0.2, 0.25) is 18.2 Å². The highest BCUT2D eigenvalue weighted by Gasteiger charge is 2.31. The van der Waals surface area contributed by atoms with E-state index in [9.17, 15) is 14.4 Å². The van der Waals surface area contributed by atoms with E-state index in [-0.39, 0.29) is 18.9 Å². The molecule has 1 unspecified atom stereocenters. The SMILES string of the molecule is COc1ccc(-c2ccc(C)c(CN(C=O)C3CCC(=O)NC3=O)c2)nc1. The Kier molecular flexibility index (Phi) is 5.49. The summed E-state index contributed by atoms with van der Waals surface area (Å²) in [5.41, 5.74) is 3.62. The maximum Gasteiger partial charge on any atom is 0.249 e. The van der Waals surface area contributed by atoms with Gasteiger partial charge in [-0.15, -0.1) is 0 Å². The number of methoxy groups -OCH3 is 1. The van der Waals surface area contributed by atoms with Crippen molar-refractivity contribution in [3.63, 3.8) is 0 Å². The number of aromatic nitrogens is 1. The van der Waals surface area contributed by atoms with Gasteiger partial charge in [0, 0.05) is 18.5 Å². The Bertz CT molecular complexity index is 864. The number of rotatable bonds is 6. The highest BCUT2D eigenvalue weighted by atomic mass is 16.5. The van der Waals surface area contributed by atoms with E-state index in [0.29, 0.717) is 18.6 Å². The van der Waals surface area contributed by atoms with Crippen molar-refractivity contribution in [3.8, 4) is 17.0 Å². The van der Waals surface area contributed by atoms with Gasteiger partial charge in [-0.1, -0.05) is 12.1 Å². The van der Waals surface area contributed by atoms with E-state index in [4.69, 9.17) is 4.74 Å². The molecule has 140 valence electrons. The maximum atomic E-state index is 12.1. The minimum Gasteiger partial charge on any atom is -0.495 e. The third-order valence-electron chi connectivity index (χ3n) is 4.72. The van der Waals surface area contributed by atoms with E-state index < -0.39 is 11.9 Å². The average Bonchev–Trinajstić information content (AvgIpc) is 2.68. The largest absolute Gasteiger partial charge is 0.495 e. The normalized spacial score (nSPS) is 16.6. The van der Waals surface area contributed by atoms with E-state index in [1.54, 1.807) is 13.3 Å². The van der Waals surface area contributed by atoms with Crippen molar-refractivity contribution in [2.45, 2.75) is 32.4 Å². The smallest absolute Gasteiger partial charge is 0.249 e. The van der Waals surface area contributed by atoms with Crippen molar-refractivity contribution >= 4 is 18.2 Å². The van der Waals surface area contributed by atoms with Crippen LogP contribution in [0.1, 0.15) is 24.0 Å². The predicted molar refractivity (Wildman–Crippen MR) is 98.7 cm³/mol. The van der Waals surface area contributed by atoms with Gasteiger partial charge in [0.25, 0.3) is 0 Å². The molecule has 2 aromatic rings. The summed E-state index contributed by atoms with van der Waals surface area (Å²) in [5.74, 6) is -0.0501. The zero-order valence-corrected chi connectivity index (χ0v) is 15.3. The fourth-order valence-corrected chi connectivity index (χ4v) is 3.09. The lowest BCUT2D eigenvalue weighted by Gasteiger charge is -2.30. The monoisotopic (exact) mass is 367 g/mol. The van der Waals surface area contributed by atoms with Crippen molar-refractivity contribution in [3.05, 3.63) is 47.7 Å². The molecule has 1 N–H and O–H groups in total. The van der Waals surface area contributed by atoms with Crippen LogP contribution in [-0.4, -0.2) is 41.3 Å². The van der Waals surface area contributed by atoms with Gasteiger partial charge >= 0.3 is 0 Å². The first-order valence-electron chi connectivity index (χ1n) is 8.66. The number of imide groups is 1. The number of pyridine rings is 1. The molecule has 7 nitrogen and oxygen atoms in total. The number of hydrogen-bond donors (Lipinski definition) is 1. The van der Waals surface area contributed by atoms with Crippen molar-refractivity contribution in [1.82, 2.24) is 15.2 Å². The molecular weight excluding hydrogens is 346 g/mol. The van der Waals surface area contributed by atoms with Gasteiger partial charge in [-0.05, 0) is 42.7 Å². The van der Waals surface area contributed by atoms with E-state index in [1.807, 2.05) is 37.3 Å². The predicted octanol–water partition coefficient (Wildman–Crippen LogP) is 1.83. The molecule has 7 heteroatoms. The summed E-state index contributed by atoms with van der Waals surface area (Å²) in [6.07, 6.45) is 2.88. The van der Waals surface area contributed by atoms with Crippen LogP contribution in [0.15, 0.2) is 36.5 Å². The second-order valence-electron chi connectivity index (χ2n) is 6.47. The number of carbonyl (C=O) groups is 3. The fraction of sp³-hybridized carbons (Fsp3) is 0.300. The first-order valence-corrected chi connectivity index (χ1v) is 8.66. The third kappa shape index (κ3) is 4.13. The summed E-state index contributed by atoms with van der Waals surface area (Å²) in [4.78, 5) is 40.8. The van der Waals surface area contributed by atoms with Crippen LogP contribution in [0.3, 0.4) is 0 Å². The first-order chi connectivity index (χ1) is 13.0. The third-order valence-corrected chi connectivity index (χ3v) is 4.72. The molecule has 1 saturated heterocycles. The molecule has 1 aromatic carbocycles. The molecule has 3 amide bonds. The second kappa shape index (κ2) is 7.99. The Balaban J connectivity index is 1.83. The van der Waals surface area contributed by atoms with Crippen LogP contribution in [0.5, 0.6) is 5.75 Å². The number of nitrogens with one attached hydrogen (secondary N) is 1. The summed E-state index contributed by atoms with van der Waals surface area (Å²) in [7, 11) is 1.59. The Morgan fingerprint density at radius 3 is 2.74 bits per heavy atom. The fourth-order valence-electron chi connectivity index (χ4n) is 3.09. The number of nitrogens with zero attached hydrogens (tertiary/aromatic N) is 2. The molecule has 1 atom stereocenters. The average molecular weight is 367 g/mol. The molecule has 27 heavy (non-hydrogen) atoms. The Labute approximate surface area is 157 Å². The maximum absolute atomic E-state index is 12.1. The van der Waals surface area contributed by atoms with Gasteiger partial charge in [-0.2, -0.15) is 0 Å². The van der Waals surface area contributed by atoms with Crippen LogP contribution in [0, 0.1) is 6.92 Å². The zero-order chi connectivity index (χ0) is 19.4. The molecule has 3 rings (SSSR count). The van der Waals surface area contributed by atoms with Crippen molar-refractivity contribution < 1.29 is 19.1 Å². The second-order valence-corrected chi connectivity index (χ2v) is 6.47. The number of piperidine rings is 1. The molecule has 1 aromatic heterocycles. The van der Waals surface area contributed by atoms with Crippen LogP contribution in [0.2, 0.25) is 0 Å². The van der Waals surface area contributed by atoms with Gasteiger partial charge in [0.15, 0.2) is 0 Å². The molecule has 0 saturated carbocycles. The summed E-state index contributed by atoms with van der Waals surface area (Å²) in [5, 5.41) is 2.29. The summed E-state index contributed by atoms with van der Waals surface area (Å²) in [6.45, 7) is 2.24. The van der Waals surface area contributed by atoms with Crippen molar-refractivity contribution in [1.29, 1.82) is 0 Å². The number of carbonyl (C=O) groups excluding carboxylic acids is 3. The highest BCUT2D eigenvalue weighted by molar-refractivity contribution is 6.00. The number of benzene rings is 1. The number of aryl methyl sites for hydroxylation is 1. The summed E-state index contributed by atoms with van der Waals surface area (Å²) >= 11 is 0. The zero-order valence-electron chi connectivity index (χ0n) is 15.3. The molecule has 0 spiro atoms. The van der Waals surface area contributed by atoms with Gasteiger partial charge < -0.3 is 9.64 Å². The number of hydrogen-bond acceptors (Lipinski definition) is 5. The van der Waals surface area contributed by atoms with Crippen LogP contribution >= 0.6 is 0 Å². The van der Waals surface area contributed by atoms with Gasteiger partial charge in [0.05, 0.1) is 19.0 Å². The summed E-state index contributed by atoms with van der Waals surface area (Å²) in [6, 6.07) is 8.96. The van der Waals surface area contributed by atoms with Crippen LogP contribution < -0.4 is 10.1 Å². The standard InChI is InChI=1S/C20H21N3O4/c1-13-3-4-14(17-6-5-16(27-2)10-21-17)9-15(13)11-23(12-24)18-7-8-19(25)22-20(18)26/h3-6,9-10,12,18H,7-8,11H2,1-2H3,(H,22,25,26). The first kappa shape index (κ1) is 18.6. The molecule has 0 aliphatic carbocycles. The van der Waals surface area contributed by atoms with E-state index in [0.717, 1.165) is 22.4 Å². The molecule has 0 radical (unpaired) electrons. The Morgan fingerprint density at radius 2 is 2.11 bits per heavy atom. The van der Waals surface area contributed by atoms with E-state index in [1.165, 1.54) is 4.90 Å². The molecule has 1 aliphatic heterocycles. The van der Waals surface area contributed by atoms with Gasteiger partial charge in [-0.25, -0.2) is 0 Å². The Morgan fingerprint density at radius 1 is 1.30 bits per heavy atom. The lowest BCUT2D eigenvalue weighted by molar-refractivity contribution is -0.141. The molecule has 1 fully saturated rings. The van der Waals surface area contributed by atoms with Crippen LogP contribution in [0.4, 0.5) is 0 Å². The van der Waals surface area contributed by atoms with Crippen molar-refractivity contribution in [2.75, 3.05) is 7.11 Å². The quantitative estimate of drug-likeness (QED) is 0.622. The van der Waals surface area contributed by atoms with Gasteiger partial charge in [-0.3, -0.25) is 24.7 Å². The minimum absolute atomic E-state index is 0.232. The van der Waals surface area contributed by atoms with E-state index in [2.05, 4.69) is 10.3 Å². The molecular formula is C20H21N3O4. The number of ether oxygens (including phenoxy) is 1. The molecule has 2 heterocycles. The Hall–Kier alpha value is -3.22. The lowest BCUT2D eigenvalue weighted by atomic mass is 10.00. The van der Waals surface area contributed by atoms with Gasteiger partial charge in [0.1, 0.15) is 11.8 Å². The van der Waals surface area contributed by atoms with Crippen molar-refractivity contribution in [2.24, 2.45) is 0 Å². The topological polar surface area (TPSA) is 88.6 Å². The van der Waals surface area contributed by atoms with E-state index >= 15 is 0 Å². The summed E-state index contributed by atoms with van der Waals surface area (Å²) < 4.78 is 5.13. The minimum atomic E-state index is -0.637. The van der Waals surface area contributed by atoms with Crippen LogP contribution in [0.25, 0.3) is 11.3 Å². The van der Waals surface area contributed by atoms with Crippen LogP contribution in [-0.2, 0) is 20.9 Å². The number of amides is 3. The molecule has 1 aliphatic rings.